The molecule has 2 N–H and O–H groups in total. The van der Waals surface area contributed by atoms with Gasteiger partial charge in [0, 0.05) is 17.1 Å². The van der Waals surface area contributed by atoms with E-state index in [0.29, 0.717) is 23.6 Å². The smallest absolute Gasteiger partial charge is 0.329 e. The fourth-order valence-electron chi connectivity index (χ4n) is 1.84. The summed E-state index contributed by atoms with van der Waals surface area (Å²) in [7, 11) is 0. The highest BCUT2D eigenvalue weighted by Crippen LogP contribution is 2.11. The van der Waals surface area contributed by atoms with E-state index >= 15 is 0 Å². The zero-order chi connectivity index (χ0) is 16.5. The summed E-state index contributed by atoms with van der Waals surface area (Å²) in [6.07, 6.45) is 2.04. The van der Waals surface area contributed by atoms with Crippen molar-refractivity contribution >= 4 is 29.6 Å². The molecular formula is C17H16ClN3O2. The fraction of sp³-hybridized carbons (Fsp3) is 0.118. The molecule has 0 aromatic heterocycles. The molecule has 2 aromatic carbocycles. The fourth-order valence-corrected chi connectivity index (χ4v) is 2.02. The number of nitrogens with one attached hydrogen (secondary N) is 2. The highest BCUT2D eigenvalue weighted by atomic mass is 35.5. The quantitative estimate of drug-likeness (QED) is 0.501. The zero-order valence-electron chi connectivity index (χ0n) is 12.3. The van der Waals surface area contributed by atoms with Crippen LogP contribution in [0.1, 0.15) is 11.1 Å². The van der Waals surface area contributed by atoms with Crippen LogP contribution in [0.25, 0.3) is 0 Å². The lowest BCUT2D eigenvalue weighted by atomic mass is 10.1. The Kier molecular flexibility index (Phi) is 6.32. The lowest BCUT2D eigenvalue weighted by Crippen LogP contribution is -2.38. The van der Waals surface area contributed by atoms with Crippen LogP contribution < -0.4 is 10.7 Å². The largest absolute Gasteiger partial charge is 0.347 e. The van der Waals surface area contributed by atoms with Crippen LogP contribution >= 0.6 is 11.6 Å². The van der Waals surface area contributed by atoms with E-state index in [1.807, 2.05) is 30.3 Å². The van der Waals surface area contributed by atoms with Crippen LogP contribution in [0.5, 0.6) is 0 Å². The Balaban J connectivity index is 1.75. The van der Waals surface area contributed by atoms with Gasteiger partial charge in [0.15, 0.2) is 0 Å². The molecule has 2 amide bonds. The van der Waals surface area contributed by atoms with Crippen LogP contribution in [0.4, 0.5) is 0 Å². The predicted molar refractivity (Wildman–Crippen MR) is 90.3 cm³/mol. The van der Waals surface area contributed by atoms with Crippen LogP contribution in [0.2, 0.25) is 5.02 Å². The third kappa shape index (κ3) is 5.56. The van der Waals surface area contributed by atoms with Crippen molar-refractivity contribution in [2.75, 3.05) is 6.54 Å². The van der Waals surface area contributed by atoms with Crippen LogP contribution in [0.15, 0.2) is 59.7 Å². The average Bonchev–Trinajstić information content (AvgIpc) is 2.57. The summed E-state index contributed by atoms with van der Waals surface area (Å²) in [6, 6.07) is 16.7. The molecule has 0 aliphatic rings. The number of carbonyl (C=O) groups is 2. The van der Waals surface area contributed by atoms with Crippen molar-refractivity contribution in [2.45, 2.75) is 6.42 Å². The topological polar surface area (TPSA) is 70.6 Å². The monoisotopic (exact) mass is 329 g/mol. The molecule has 2 aromatic rings. The molecule has 0 bridgehead atoms. The molecule has 5 nitrogen and oxygen atoms in total. The van der Waals surface area contributed by atoms with Crippen LogP contribution in [0.3, 0.4) is 0 Å². The molecule has 0 radical (unpaired) electrons. The van der Waals surface area contributed by atoms with Crippen molar-refractivity contribution in [1.29, 1.82) is 0 Å². The molecule has 118 valence electrons. The first-order valence-corrected chi connectivity index (χ1v) is 7.44. The molecule has 6 heteroatoms. The third-order valence-corrected chi connectivity index (χ3v) is 3.37. The van der Waals surface area contributed by atoms with Gasteiger partial charge in [-0.15, -0.1) is 0 Å². The molecule has 0 atom stereocenters. The van der Waals surface area contributed by atoms with Crippen molar-refractivity contribution in [2.24, 2.45) is 5.10 Å². The Morgan fingerprint density at radius 2 is 1.70 bits per heavy atom. The summed E-state index contributed by atoms with van der Waals surface area (Å²) < 4.78 is 0. The molecule has 0 saturated heterocycles. The number of hydrogen-bond donors (Lipinski definition) is 2. The SMILES string of the molecule is O=C(NCCc1ccccc1)C(=O)NN=Cc1ccccc1Cl. The Morgan fingerprint density at radius 3 is 2.43 bits per heavy atom. The third-order valence-electron chi connectivity index (χ3n) is 3.02. The average molecular weight is 330 g/mol. The maximum atomic E-state index is 11.6. The summed E-state index contributed by atoms with van der Waals surface area (Å²) in [5.74, 6) is -1.54. The Hall–Kier alpha value is -2.66. The number of hydrazone groups is 1. The molecule has 0 fully saturated rings. The lowest BCUT2D eigenvalue weighted by Gasteiger charge is -2.04. The van der Waals surface area contributed by atoms with Gasteiger partial charge >= 0.3 is 11.8 Å². The number of hydrogen-bond acceptors (Lipinski definition) is 3. The minimum Gasteiger partial charge on any atom is -0.347 e. The highest BCUT2D eigenvalue weighted by molar-refractivity contribution is 6.35. The van der Waals surface area contributed by atoms with E-state index in [-0.39, 0.29) is 0 Å². The lowest BCUT2D eigenvalue weighted by molar-refractivity contribution is -0.139. The van der Waals surface area contributed by atoms with Gasteiger partial charge in [0.25, 0.3) is 0 Å². The molecule has 0 aliphatic heterocycles. The van der Waals surface area contributed by atoms with Gasteiger partial charge in [-0.2, -0.15) is 5.10 Å². The number of benzene rings is 2. The number of carbonyl (C=O) groups excluding carboxylic acids is 2. The second kappa shape index (κ2) is 8.70. The van der Waals surface area contributed by atoms with Crippen LogP contribution in [-0.2, 0) is 16.0 Å². The Morgan fingerprint density at radius 1 is 1.00 bits per heavy atom. The van der Waals surface area contributed by atoms with E-state index in [0.717, 1.165) is 5.56 Å². The maximum absolute atomic E-state index is 11.6. The standard InChI is InChI=1S/C17H16ClN3O2/c18-15-9-5-4-8-14(15)12-20-21-17(23)16(22)19-11-10-13-6-2-1-3-7-13/h1-9,12H,10-11H2,(H,19,22)(H,21,23). The first kappa shape index (κ1) is 16.7. The van der Waals surface area contributed by atoms with Crippen LogP contribution in [-0.4, -0.2) is 24.6 Å². The molecule has 0 spiro atoms. The van der Waals surface area contributed by atoms with Gasteiger partial charge in [-0.05, 0) is 18.1 Å². The normalized spacial score (nSPS) is 10.5. The van der Waals surface area contributed by atoms with Gasteiger partial charge in [-0.25, -0.2) is 5.43 Å². The first-order chi connectivity index (χ1) is 11.2. The van der Waals surface area contributed by atoms with E-state index in [9.17, 15) is 9.59 Å². The summed E-state index contributed by atoms with van der Waals surface area (Å²) >= 11 is 5.95. The van der Waals surface area contributed by atoms with Gasteiger partial charge < -0.3 is 5.32 Å². The number of rotatable bonds is 5. The summed E-state index contributed by atoms with van der Waals surface area (Å²) in [6.45, 7) is 0.379. The van der Waals surface area contributed by atoms with E-state index in [2.05, 4.69) is 15.8 Å². The minimum absolute atomic E-state index is 0.379. The maximum Gasteiger partial charge on any atom is 0.329 e. The van der Waals surface area contributed by atoms with Crippen molar-refractivity contribution in [3.8, 4) is 0 Å². The summed E-state index contributed by atoms with van der Waals surface area (Å²) in [5, 5.41) is 6.77. The second-order valence-electron chi connectivity index (χ2n) is 4.71. The summed E-state index contributed by atoms with van der Waals surface area (Å²) in [4.78, 5) is 23.2. The summed E-state index contributed by atoms with van der Waals surface area (Å²) in [5.41, 5.74) is 3.91. The molecule has 23 heavy (non-hydrogen) atoms. The van der Waals surface area contributed by atoms with Gasteiger partial charge in [0.2, 0.25) is 0 Å². The van der Waals surface area contributed by atoms with Crippen molar-refractivity contribution in [1.82, 2.24) is 10.7 Å². The number of nitrogens with zero attached hydrogens (tertiary/aromatic N) is 1. The Bertz CT molecular complexity index is 702. The van der Waals surface area contributed by atoms with E-state index in [1.54, 1.807) is 24.3 Å². The predicted octanol–water partition coefficient (Wildman–Crippen LogP) is 2.15. The molecule has 2 rings (SSSR count). The minimum atomic E-state index is -0.818. The van der Waals surface area contributed by atoms with E-state index in [1.165, 1.54) is 6.21 Å². The van der Waals surface area contributed by atoms with Gasteiger partial charge in [0.05, 0.1) is 6.21 Å². The molecule has 0 unspecified atom stereocenters. The highest BCUT2D eigenvalue weighted by Gasteiger charge is 2.11. The molecule has 0 heterocycles. The van der Waals surface area contributed by atoms with Gasteiger partial charge in [-0.1, -0.05) is 60.1 Å². The van der Waals surface area contributed by atoms with Crippen molar-refractivity contribution < 1.29 is 9.59 Å². The second-order valence-corrected chi connectivity index (χ2v) is 5.12. The van der Waals surface area contributed by atoms with Crippen molar-refractivity contribution in [3.05, 3.63) is 70.7 Å². The van der Waals surface area contributed by atoms with Gasteiger partial charge in [-0.3, -0.25) is 9.59 Å². The number of halogens is 1. The molecule has 0 saturated carbocycles. The van der Waals surface area contributed by atoms with E-state index < -0.39 is 11.8 Å². The first-order valence-electron chi connectivity index (χ1n) is 7.06. The van der Waals surface area contributed by atoms with E-state index in [4.69, 9.17) is 11.6 Å². The molecular weight excluding hydrogens is 314 g/mol. The van der Waals surface area contributed by atoms with Crippen LogP contribution in [0, 0.1) is 0 Å². The zero-order valence-corrected chi connectivity index (χ0v) is 13.1. The van der Waals surface area contributed by atoms with Crippen molar-refractivity contribution in [3.63, 3.8) is 0 Å². The molecule has 0 aliphatic carbocycles. The number of amides is 2. The Labute approximate surface area is 139 Å². The van der Waals surface area contributed by atoms with Gasteiger partial charge in [0.1, 0.15) is 0 Å².